The maximum absolute atomic E-state index is 12.6. The lowest BCUT2D eigenvalue weighted by Gasteiger charge is -2.14. The smallest absolute Gasteiger partial charge is 0.258 e. The van der Waals surface area contributed by atoms with Gasteiger partial charge >= 0.3 is 0 Å². The van der Waals surface area contributed by atoms with Gasteiger partial charge in [-0.3, -0.25) is 9.79 Å². The molecule has 0 saturated heterocycles. The highest BCUT2D eigenvalue weighted by Gasteiger charge is 2.29. The molecule has 1 aliphatic heterocycles. The summed E-state index contributed by atoms with van der Waals surface area (Å²) in [6.07, 6.45) is 1.70. The van der Waals surface area contributed by atoms with Gasteiger partial charge in [0.25, 0.3) is 5.91 Å². The summed E-state index contributed by atoms with van der Waals surface area (Å²) in [5, 5.41) is 14.2. The maximum Gasteiger partial charge on any atom is 0.258 e. The lowest BCUT2D eigenvalue weighted by molar-refractivity contribution is 0.0994. The van der Waals surface area contributed by atoms with Crippen LogP contribution in [0.5, 0.6) is 5.75 Å². The molecular weight excluding hydrogens is 348 g/mol. The van der Waals surface area contributed by atoms with Gasteiger partial charge in [-0.05, 0) is 42.0 Å². The highest BCUT2D eigenvalue weighted by Crippen LogP contribution is 2.41. The van der Waals surface area contributed by atoms with Gasteiger partial charge in [-0.25, -0.2) is 0 Å². The van der Waals surface area contributed by atoms with E-state index in [4.69, 9.17) is 0 Å². The van der Waals surface area contributed by atoms with Crippen molar-refractivity contribution in [3.63, 3.8) is 0 Å². The predicted molar refractivity (Wildman–Crippen MR) is 114 cm³/mol. The third-order valence-electron chi connectivity index (χ3n) is 5.36. The molecule has 0 radical (unpaired) electrons. The molecule has 1 N–H and O–H groups in total. The number of rotatable bonds is 3. The van der Waals surface area contributed by atoms with Crippen molar-refractivity contribution in [3.05, 3.63) is 77.9 Å². The van der Waals surface area contributed by atoms with E-state index in [1.54, 1.807) is 17.2 Å². The first-order chi connectivity index (χ1) is 13.7. The van der Waals surface area contributed by atoms with Crippen LogP contribution in [0, 0.1) is 0 Å². The molecule has 4 aromatic rings. The highest BCUT2D eigenvalue weighted by atomic mass is 16.3. The number of nitrogens with zero attached hydrogens (tertiary/aromatic N) is 2. The quantitative estimate of drug-likeness (QED) is 0.492. The van der Waals surface area contributed by atoms with Crippen LogP contribution in [-0.4, -0.2) is 23.8 Å². The molecule has 28 heavy (non-hydrogen) atoms. The molecule has 0 aromatic heterocycles. The predicted octanol–water partition coefficient (Wildman–Crippen LogP) is 5.43. The lowest BCUT2D eigenvalue weighted by atomic mass is 10.0. The Balaban J connectivity index is 1.68. The van der Waals surface area contributed by atoms with Crippen LogP contribution in [0.2, 0.25) is 0 Å². The Labute approximate surface area is 162 Å². The summed E-state index contributed by atoms with van der Waals surface area (Å²) >= 11 is 0. The largest absolute Gasteiger partial charge is 0.507 e. The van der Waals surface area contributed by atoms with Crippen LogP contribution in [-0.2, 0) is 0 Å². The van der Waals surface area contributed by atoms with E-state index in [1.807, 2.05) is 67.6 Å². The summed E-state index contributed by atoms with van der Waals surface area (Å²) < 4.78 is 0. The van der Waals surface area contributed by atoms with Gasteiger partial charge in [0.2, 0.25) is 0 Å². The summed E-state index contributed by atoms with van der Waals surface area (Å²) in [4.78, 5) is 19.1. The van der Waals surface area contributed by atoms with Crippen molar-refractivity contribution in [1.29, 1.82) is 0 Å². The Kier molecular flexibility index (Phi) is 3.66. The van der Waals surface area contributed by atoms with Crippen molar-refractivity contribution in [2.24, 2.45) is 4.99 Å². The molecule has 4 aromatic carbocycles. The van der Waals surface area contributed by atoms with E-state index in [2.05, 4.69) is 4.99 Å². The number of carbonyl (C=O) groups excluding carboxylic acids is 1. The van der Waals surface area contributed by atoms with Crippen molar-refractivity contribution in [1.82, 2.24) is 0 Å². The normalized spacial score (nSPS) is 13.3. The van der Waals surface area contributed by atoms with Gasteiger partial charge in [0.05, 0.1) is 11.4 Å². The van der Waals surface area contributed by atoms with Gasteiger partial charge in [0.15, 0.2) is 0 Å². The van der Waals surface area contributed by atoms with E-state index in [0.29, 0.717) is 12.1 Å². The molecule has 4 heteroatoms. The standard InChI is InChI=1S/C24H18N2O2/c1-2-26-21-12-11-20(17-8-5-9-18(23(17)21)24(26)28)25-14-19-16-7-4-3-6-15(16)10-13-22(19)27/h3-14,27H,2H2,1H3. The van der Waals surface area contributed by atoms with Gasteiger partial charge in [0.1, 0.15) is 5.75 Å². The maximum atomic E-state index is 12.6. The topological polar surface area (TPSA) is 52.9 Å². The molecule has 0 atom stereocenters. The van der Waals surface area contributed by atoms with Crippen molar-refractivity contribution in [2.45, 2.75) is 6.92 Å². The number of fused-ring (bicyclic) bond motifs is 1. The second-order valence-corrected chi connectivity index (χ2v) is 6.86. The zero-order valence-electron chi connectivity index (χ0n) is 15.4. The highest BCUT2D eigenvalue weighted by molar-refractivity contribution is 6.26. The van der Waals surface area contributed by atoms with E-state index in [-0.39, 0.29) is 11.7 Å². The molecule has 0 saturated carbocycles. The van der Waals surface area contributed by atoms with Crippen molar-refractivity contribution >= 4 is 45.0 Å². The van der Waals surface area contributed by atoms with Crippen LogP contribution < -0.4 is 4.90 Å². The molecule has 1 amide bonds. The van der Waals surface area contributed by atoms with Crippen molar-refractivity contribution < 1.29 is 9.90 Å². The molecule has 1 heterocycles. The number of anilines is 1. The summed E-state index contributed by atoms with van der Waals surface area (Å²) in [6.45, 7) is 2.61. The molecule has 0 unspecified atom stereocenters. The summed E-state index contributed by atoms with van der Waals surface area (Å²) in [5.74, 6) is 0.233. The summed E-state index contributed by atoms with van der Waals surface area (Å²) in [5.41, 5.74) is 3.12. The average molecular weight is 366 g/mol. The van der Waals surface area contributed by atoms with Crippen LogP contribution in [0.1, 0.15) is 22.8 Å². The summed E-state index contributed by atoms with van der Waals surface area (Å²) in [7, 11) is 0. The Hall–Kier alpha value is -3.66. The molecule has 136 valence electrons. The van der Waals surface area contributed by atoms with E-state index in [9.17, 15) is 9.90 Å². The minimum Gasteiger partial charge on any atom is -0.507 e. The van der Waals surface area contributed by atoms with E-state index in [1.165, 1.54) is 0 Å². The van der Waals surface area contributed by atoms with E-state index < -0.39 is 0 Å². The van der Waals surface area contributed by atoms with Crippen molar-refractivity contribution in [3.8, 4) is 5.75 Å². The number of phenolic OH excluding ortho intramolecular Hbond substituents is 1. The Morgan fingerprint density at radius 3 is 2.64 bits per heavy atom. The third kappa shape index (κ3) is 2.31. The molecule has 1 aliphatic rings. The van der Waals surface area contributed by atoms with Gasteiger partial charge in [0, 0.05) is 34.7 Å². The van der Waals surface area contributed by atoms with E-state index >= 15 is 0 Å². The minimum absolute atomic E-state index is 0.0379. The molecular formula is C24H18N2O2. The second kappa shape index (κ2) is 6.20. The van der Waals surface area contributed by atoms with Crippen LogP contribution >= 0.6 is 0 Å². The first-order valence-corrected chi connectivity index (χ1v) is 9.31. The zero-order chi connectivity index (χ0) is 19.3. The average Bonchev–Trinajstić information content (AvgIpc) is 3.01. The first-order valence-electron chi connectivity index (χ1n) is 9.31. The van der Waals surface area contributed by atoms with Crippen LogP contribution in [0.15, 0.2) is 71.7 Å². The molecule has 0 bridgehead atoms. The fraction of sp³-hybridized carbons (Fsp3) is 0.0833. The van der Waals surface area contributed by atoms with E-state index in [0.717, 1.165) is 38.5 Å². The van der Waals surface area contributed by atoms with Gasteiger partial charge in [-0.2, -0.15) is 0 Å². The summed E-state index contributed by atoms with van der Waals surface area (Å²) in [6, 6.07) is 21.1. The van der Waals surface area contributed by atoms with Gasteiger partial charge < -0.3 is 10.0 Å². The Morgan fingerprint density at radius 2 is 1.79 bits per heavy atom. The van der Waals surface area contributed by atoms with Crippen molar-refractivity contribution in [2.75, 3.05) is 11.4 Å². The fourth-order valence-corrected chi connectivity index (χ4v) is 4.01. The second-order valence-electron chi connectivity index (χ2n) is 6.86. The molecule has 0 aliphatic carbocycles. The minimum atomic E-state index is 0.0379. The Morgan fingerprint density at radius 1 is 0.964 bits per heavy atom. The number of aliphatic imine (C=N–C) groups is 1. The number of carbonyl (C=O) groups is 1. The molecule has 5 rings (SSSR count). The zero-order valence-corrected chi connectivity index (χ0v) is 15.4. The first kappa shape index (κ1) is 16.5. The number of hydrogen-bond donors (Lipinski definition) is 1. The number of aromatic hydroxyl groups is 1. The van der Waals surface area contributed by atoms with Crippen LogP contribution in [0.25, 0.3) is 21.5 Å². The van der Waals surface area contributed by atoms with Gasteiger partial charge in [-0.15, -0.1) is 0 Å². The number of hydrogen-bond acceptors (Lipinski definition) is 3. The van der Waals surface area contributed by atoms with Gasteiger partial charge in [-0.1, -0.05) is 42.5 Å². The third-order valence-corrected chi connectivity index (χ3v) is 5.36. The SMILES string of the molecule is CCN1C(=O)c2cccc3c(N=Cc4c(O)ccc5ccccc45)ccc1c23. The monoisotopic (exact) mass is 366 g/mol. The fourth-order valence-electron chi connectivity index (χ4n) is 4.01. The van der Waals surface area contributed by atoms with Crippen LogP contribution in [0.4, 0.5) is 11.4 Å². The number of amides is 1. The van der Waals surface area contributed by atoms with Crippen LogP contribution in [0.3, 0.4) is 0 Å². The molecule has 0 spiro atoms. The molecule has 4 nitrogen and oxygen atoms in total. The number of benzene rings is 4. The molecule has 0 fully saturated rings. The lowest BCUT2D eigenvalue weighted by Crippen LogP contribution is -2.25. The number of phenols is 1. The Bertz CT molecular complexity index is 1290.